The van der Waals surface area contributed by atoms with E-state index in [4.69, 9.17) is 0 Å². The molecule has 1 atom stereocenters. The summed E-state index contributed by atoms with van der Waals surface area (Å²) < 4.78 is 0. The highest BCUT2D eigenvalue weighted by atomic mass is 15.1. The van der Waals surface area contributed by atoms with Crippen LogP contribution in [-0.2, 0) is 0 Å². The van der Waals surface area contributed by atoms with Gasteiger partial charge in [0.15, 0.2) is 0 Å². The van der Waals surface area contributed by atoms with Crippen molar-refractivity contribution in [2.24, 2.45) is 11.8 Å². The fourth-order valence-electron chi connectivity index (χ4n) is 1.66. The first kappa shape index (κ1) is 13.0. The fraction of sp³-hybridized carbons (Fsp3) is 1.00. The molecule has 0 aliphatic carbocycles. The van der Waals surface area contributed by atoms with Crippen LogP contribution in [0.2, 0.25) is 0 Å². The van der Waals surface area contributed by atoms with E-state index in [2.05, 4.69) is 39.5 Å². The van der Waals surface area contributed by atoms with Crippen LogP contribution in [0.25, 0.3) is 0 Å². The maximum Gasteiger partial charge on any atom is 0.000703 e. The van der Waals surface area contributed by atoms with E-state index in [0.29, 0.717) is 0 Å². The molecule has 0 bridgehead atoms. The lowest BCUT2D eigenvalue weighted by Gasteiger charge is -2.26. The summed E-state index contributed by atoms with van der Waals surface area (Å²) >= 11 is 0. The minimum absolute atomic E-state index is 0.801. The quantitative estimate of drug-likeness (QED) is 0.587. The number of nitrogens with zero attached hydrogens (tertiary/aromatic N) is 1. The van der Waals surface area contributed by atoms with E-state index >= 15 is 0 Å². The van der Waals surface area contributed by atoms with Crippen LogP contribution in [0.5, 0.6) is 0 Å². The Morgan fingerprint density at radius 3 is 2.00 bits per heavy atom. The van der Waals surface area contributed by atoms with E-state index < -0.39 is 0 Å². The monoisotopic (exact) mass is 185 g/mol. The van der Waals surface area contributed by atoms with E-state index in [0.717, 1.165) is 11.8 Å². The van der Waals surface area contributed by atoms with Crippen LogP contribution in [0.3, 0.4) is 0 Å². The predicted molar refractivity (Wildman–Crippen MR) is 61.0 cm³/mol. The van der Waals surface area contributed by atoms with Gasteiger partial charge in [-0.15, -0.1) is 0 Å². The van der Waals surface area contributed by atoms with Crippen LogP contribution in [0, 0.1) is 11.8 Å². The molecule has 0 spiro atoms. The average Bonchev–Trinajstić information content (AvgIpc) is 2.03. The molecule has 0 aromatic heterocycles. The van der Waals surface area contributed by atoms with E-state index in [1.807, 2.05) is 0 Å². The van der Waals surface area contributed by atoms with Gasteiger partial charge in [-0.1, -0.05) is 41.0 Å². The molecule has 0 saturated heterocycles. The first-order chi connectivity index (χ1) is 6.10. The smallest absolute Gasteiger partial charge is 0.000703 e. The second-order valence-corrected chi connectivity index (χ2v) is 4.67. The van der Waals surface area contributed by atoms with Gasteiger partial charge < -0.3 is 4.90 Å². The van der Waals surface area contributed by atoms with Crippen molar-refractivity contribution < 1.29 is 0 Å². The summed E-state index contributed by atoms with van der Waals surface area (Å²) in [7, 11) is 0. The first-order valence-corrected chi connectivity index (χ1v) is 5.82. The maximum absolute atomic E-state index is 2.61. The highest BCUT2D eigenvalue weighted by Crippen LogP contribution is 2.07. The molecule has 0 amide bonds. The number of hydrogen-bond donors (Lipinski definition) is 0. The van der Waals surface area contributed by atoms with Crippen LogP contribution in [0.4, 0.5) is 0 Å². The number of hydrogen-bond acceptors (Lipinski definition) is 1. The van der Waals surface area contributed by atoms with Crippen molar-refractivity contribution in [3.63, 3.8) is 0 Å². The third kappa shape index (κ3) is 7.06. The molecule has 0 rings (SSSR count). The second kappa shape index (κ2) is 7.37. The Morgan fingerprint density at radius 2 is 1.62 bits per heavy atom. The predicted octanol–water partition coefficient (Wildman–Crippen LogP) is 3.40. The highest BCUT2D eigenvalue weighted by molar-refractivity contribution is 4.63. The molecule has 0 N–H and O–H groups in total. The zero-order valence-electron chi connectivity index (χ0n) is 10.1. The molecule has 0 saturated carbocycles. The summed E-state index contributed by atoms with van der Waals surface area (Å²) in [4.78, 5) is 2.61. The minimum Gasteiger partial charge on any atom is -0.303 e. The van der Waals surface area contributed by atoms with Crippen LogP contribution in [0.1, 0.15) is 47.5 Å². The van der Waals surface area contributed by atoms with Crippen LogP contribution < -0.4 is 0 Å². The molecule has 0 aliphatic heterocycles. The SMILES string of the molecule is CCCN(CC(C)C)CC(C)CC. The Morgan fingerprint density at radius 1 is 1.00 bits per heavy atom. The third-order valence-corrected chi connectivity index (χ3v) is 2.43. The van der Waals surface area contributed by atoms with Crippen LogP contribution >= 0.6 is 0 Å². The van der Waals surface area contributed by atoms with Gasteiger partial charge in [0.25, 0.3) is 0 Å². The summed E-state index contributed by atoms with van der Waals surface area (Å²) in [6.45, 7) is 15.3. The average molecular weight is 185 g/mol. The molecule has 0 fully saturated rings. The lowest BCUT2D eigenvalue weighted by Crippen LogP contribution is -2.32. The molecule has 1 heteroatoms. The Kier molecular flexibility index (Phi) is 7.35. The van der Waals surface area contributed by atoms with Gasteiger partial charge in [0.1, 0.15) is 0 Å². The van der Waals surface area contributed by atoms with Crippen molar-refractivity contribution in [1.82, 2.24) is 4.90 Å². The summed E-state index contributed by atoms with van der Waals surface area (Å²) in [5, 5.41) is 0. The molecule has 1 unspecified atom stereocenters. The molecule has 0 aliphatic rings. The Labute approximate surface area is 84.5 Å². The molecule has 1 nitrogen and oxygen atoms in total. The minimum atomic E-state index is 0.801. The highest BCUT2D eigenvalue weighted by Gasteiger charge is 2.09. The van der Waals surface area contributed by atoms with Gasteiger partial charge in [-0.05, 0) is 24.8 Å². The van der Waals surface area contributed by atoms with Crippen LogP contribution in [0.15, 0.2) is 0 Å². The molecule has 13 heavy (non-hydrogen) atoms. The van der Waals surface area contributed by atoms with Gasteiger partial charge in [0.05, 0.1) is 0 Å². The lowest BCUT2D eigenvalue weighted by atomic mass is 10.1. The number of rotatable bonds is 7. The summed E-state index contributed by atoms with van der Waals surface area (Å²) in [6.07, 6.45) is 2.58. The van der Waals surface area contributed by atoms with Gasteiger partial charge in [-0.2, -0.15) is 0 Å². The molecule has 0 heterocycles. The molecule has 80 valence electrons. The van der Waals surface area contributed by atoms with Crippen molar-refractivity contribution in [3.05, 3.63) is 0 Å². The zero-order chi connectivity index (χ0) is 10.3. The molecule has 0 aromatic carbocycles. The van der Waals surface area contributed by atoms with Crippen molar-refractivity contribution in [1.29, 1.82) is 0 Å². The van der Waals surface area contributed by atoms with Crippen molar-refractivity contribution in [2.75, 3.05) is 19.6 Å². The summed E-state index contributed by atoms with van der Waals surface area (Å²) in [5.74, 6) is 1.65. The lowest BCUT2D eigenvalue weighted by molar-refractivity contribution is 0.212. The Balaban J connectivity index is 3.78. The van der Waals surface area contributed by atoms with Gasteiger partial charge in [-0.25, -0.2) is 0 Å². The third-order valence-electron chi connectivity index (χ3n) is 2.43. The topological polar surface area (TPSA) is 3.24 Å². The van der Waals surface area contributed by atoms with Gasteiger partial charge in [-0.3, -0.25) is 0 Å². The molecule has 0 radical (unpaired) electrons. The fourth-order valence-corrected chi connectivity index (χ4v) is 1.66. The maximum atomic E-state index is 2.61. The molecule has 0 aromatic rings. The second-order valence-electron chi connectivity index (χ2n) is 4.67. The van der Waals surface area contributed by atoms with E-state index in [1.54, 1.807) is 0 Å². The summed E-state index contributed by atoms with van der Waals surface area (Å²) in [6, 6.07) is 0. The van der Waals surface area contributed by atoms with Gasteiger partial charge in [0, 0.05) is 13.1 Å². The van der Waals surface area contributed by atoms with Gasteiger partial charge in [0.2, 0.25) is 0 Å². The Bertz CT molecular complexity index is 110. The van der Waals surface area contributed by atoms with Crippen molar-refractivity contribution in [3.8, 4) is 0 Å². The first-order valence-electron chi connectivity index (χ1n) is 5.82. The Hall–Kier alpha value is -0.0400. The molecular formula is C12H27N. The summed E-state index contributed by atoms with van der Waals surface area (Å²) in [5.41, 5.74) is 0. The van der Waals surface area contributed by atoms with Crippen molar-refractivity contribution >= 4 is 0 Å². The zero-order valence-corrected chi connectivity index (χ0v) is 10.1. The normalized spacial score (nSPS) is 14.1. The van der Waals surface area contributed by atoms with E-state index in [1.165, 1.54) is 32.5 Å². The van der Waals surface area contributed by atoms with E-state index in [-0.39, 0.29) is 0 Å². The van der Waals surface area contributed by atoms with Crippen molar-refractivity contribution in [2.45, 2.75) is 47.5 Å². The largest absolute Gasteiger partial charge is 0.303 e. The van der Waals surface area contributed by atoms with Crippen LogP contribution in [-0.4, -0.2) is 24.5 Å². The van der Waals surface area contributed by atoms with E-state index in [9.17, 15) is 0 Å². The van der Waals surface area contributed by atoms with Gasteiger partial charge >= 0.3 is 0 Å². The molecular weight excluding hydrogens is 158 g/mol. The standard InChI is InChI=1S/C12H27N/c1-6-8-13(9-11(3)4)10-12(5)7-2/h11-12H,6-10H2,1-5H3.